The van der Waals surface area contributed by atoms with Gasteiger partial charge in [-0.3, -0.25) is 9.69 Å². The van der Waals surface area contributed by atoms with Gasteiger partial charge in [0.05, 0.1) is 5.25 Å². The first-order valence-corrected chi connectivity index (χ1v) is 10.5. The summed E-state index contributed by atoms with van der Waals surface area (Å²) in [5.74, 6) is -0.444. The van der Waals surface area contributed by atoms with E-state index in [1.807, 2.05) is 0 Å². The van der Waals surface area contributed by atoms with Crippen LogP contribution in [0.25, 0.3) is 0 Å². The van der Waals surface area contributed by atoms with Gasteiger partial charge in [-0.05, 0) is 51.6 Å². The second-order valence-corrected chi connectivity index (χ2v) is 9.37. The highest BCUT2D eigenvalue weighted by Gasteiger charge is 2.34. The number of amides is 1. The van der Waals surface area contributed by atoms with Gasteiger partial charge in [-0.2, -0.15) is 0 Å². The van der Waals surface area contributed by atoms with Crippen LogP contribution >= 0.6 is 0 Å². The zero-order chi connectivity index (χ0) is 15.6. The number of rotatable bonds is 4. The van der Waals surface area contributed by atoms with Gasteiger partial charge in [0.1, 0.15) is 5.75 Å². The van der Waals surface area contributed by atoms with E-state index in [2.05, 4.69) is 4.90 Å². The first kappa shape index (κ1) is 16.2. The Morgan fingerprint density at radius 2 is 1.59 bits per heavy atom. The zero-order valence-corrected chi connectivity index (χ0v) is 14.2. The molecule has 6 heteroatoms. The fraction of sp³-hybridized carbons (Fsp3) is 0.938. The summed E-state index contributed by atoms with van der Waals surface area (Å²) in [7, 11) is -3.25. The Bertz CT molecular complexity index is 494. The highest BCUT2D eigenvalue weighted by Crippen LogP contribution is 2.26. The molecule has 3 aliphatic rings. The smallest absolute Gasteiger partial charge is 0.237 e. The molecular weight excluding hydrogens is 300 g/mol. The van der Waals surface area contributed by atoms with Crippen molar-refractivity contribution in [3.63, 3.8) is 0 Å². The minimum Gasteiger partial charge on any atom is -0.340 e. The summed E-state index contributed by atoms with van der Waals surface area (Å²) < 4.78 is 24.7. The molecule has 0 spiro atoms. The summed E-state index contributed by atoms with van der Waals surface area (Å²) in [6.45, 7) is 3.71. The molecular formula is C16H28N2O3S. The van der Waals surface area contributed by atoms with E-state index in [9.17, 15) is 13.2 Å². The van der Waals surface area contributed by atoms with E-state index in [1.54, 1.807) is 4.90 Å². The SMILES string of the molecule is O=C(CS(=O)(=O)C1CCCC1)N1CCC[C@@H](N2CCCC2)C1. The zero-order valence-electron chi connectivity index (χ0n) is 13.4. The van der Waals surface area contributed by atoms with Crippen molar-refractivity contribution in [1.29, 1.82) is 0 Å². The summed E-state index contributed by atoms with van der Waals surface area (Å²) in [5.41, 5.74) is 0. The Morgan fingerprint density at radius 3 is 2.27 bits per heavy atom. The minimum absolute atomic E-state index is 0.171. The molecule has 1 atom stereocenters. The molecule has 0 unspecified atom stereocenters. The Balaban J connectivity index is 1.57. The largest absolute Gasteiger partial charge is 0.340 e. The van der Waals surface area contributed by atoms with Crippen molar-refractivity contribution in [2.75, 3.05) is 31.9 Å². The quantitative estimate of drug-likeness (QED) is 0.783. The average Bonchev–Trinajstić information content (AvgIpc) is 3.20. The number of likely N-dealkylation sites (tertiary alicyclic amines) is 2. The fourth-order valence-corrected chi connectivity index (χ4v) is 6.03. The molecule has 0 aromatic rings. The van der Waals surface area contributed by atoms with Crippen molar-refractivity contribution in [2.45, 2.75) is 62.7 Å². The number of carbonyl (C=O) groups is 1. The number of hydrogen-bond donors (Lipinski definition) is 0. The van der Waals surface area contributed by atoms with E-state index in [1.165, 1.54) is 12.8 Å². The summed E-state index contributed by atoms with van der Waals surface area (Å²) in [6.07, 6.45) is 8.09. The second kappa shape index (κ2) is 6.87. The number of piperidine rings is 1. The van der Waals surface area contributed by atoms with Gasteiger partial charge >= 0.3 is 0 Å². The third-order valence-electron chi connectivity index (χ3n) is 5.54. The van der Waals surface area contributed by atoms with Crippen LogP contribution in [0.4, 0.5) is 0 Å². The highest BCUT2D eigenvalue weighted by molar-refractivity contribution is 7.92. The van der Waals surface area contributed by atoms with Crippen LogP contribution in [0.5, 0.6) is 0 Å². The predicted octanol–water partition coefficient (Wildman–Crippen LogP) is 1.43. The molecule has 2 saturated heterocycles. The van der Waals surface area contributed by atoms with Crippen molar-refractivity contribution in [3.05, 3.63) is 0 Å². The van der Waals surface area contributed by atoms with Gasteiger partial charge in [0.2, 0.25) is 5.91 Å². The Morgan fingerprint density at radius 1 is 0.909 bits per heavy atom. The van der Waals surface area contributed by atoms with Gasteiger partial charge in [-0.25, -0.2) is 8.42 Å². The van der Waals surface area contributed by atoms with Crippen LogP contribution in [-0.2, 0) is 14.6 Å². The molecule has 126 valence electrons. The standard InChI is InChI=1S/C16H28N2O3S/c19-16(13-22(20,21)15-7-1-2-8-15)18-11-5-6-14(12-18)17-9-3-4-10-17/h14-15H,1-13H2/t14-/m1/s1. The normalized spacial score (nSPS) is 28.4. The lowest BCUT2D eigenvalue weighted by molar-refractivity contribution is -0.130. The molecule has 0 radical (unpaired) electrons. The molecule has 1 aliphatic carbocycles. The lowest BCUT2D eigenvalue weighted by Crippen LogP contribution is -2.50. The van der Waals surface area contributed by atoms with Gasteiger partial charge in [0.15, 0.2) is 9.84 Å². The molecule has 3 rings (SSSR count). The maximum atomic E-state index is 12.5. The predicted molar refractivity (Wildman–Crippen MR) is 86.5 cm³/mol. The van der Waals surface area contributed by atoms with Crippen LogP contribution in [0.2, 0.25) is 0 Å². The molecule has 1 amide bonds. The molecule has 22 heavy (non-hydrogen) atoms. The Kier molecular flexibility index (Phi) is 5.07. The molecule has 0 aromatic carbocycles. The van der Waals surface area contributed by atoms with Gasteiger partial charge < -0.3 is 4.90 Å². The molecule has 1 saturated carbocycles. The van der Waals surface area contributed by atoms with E-state index >= 15 is 0 Å². The molecule has 0 bridgehead atoms. The van der Waals surface area contributed by atoms with E-state index in [4.69, 9.17) is 0 Å². The number of sulfone groups is 1. The van der Waals surface area contributed by atoms with Gasteiger partial charge in [-0.1, -0.05) is 12.8 Å². The number of carbonyl (C=O) groups excluding carboxylic acids is 1. The van der Waals surface area contributed by atoms with Crippen LogP contribution in [-0.4, -0.2) is 67.3 Å². The minimum atomic E-state index is -3.25. The van der Waals surface area contributed by atoms with Crippen molar-refractivity contribution >= 4 is 15.7 Å². The van der Waals surface area contributed by atoms with Crippen molar-refractivity contribution in [1.82, 2.24) is 9.80 Å². The average molecular weight is 328 g/mol. The van der Waals surface area contributed by atoms with E-state index in [-0.39, 0.29) is 16.9 Å². The lowest BCUT2D eigenvalue weighted by atomic mass is 10.0. The summed E-state index contributed by atoms with van der Waals surface area (Å²) >= 11 is 0. The van der Waals surface area contributed by atoms with E-state index < -0.39 is 9.84 Å². The first-order chi connectivity index (χ1) is 10.6. The van der Waals surface area contributed by atoms with Gasteiger partial charge in [0, 0.05) is 19.1 Å². The van der Waals surface area contributed by atoms with E-state index in [0.717, 1.165) is 64.7 Å². The second-order valence-electron chi connectivity index (χ2n) is 7.09. The van der Waals surface area contributed by atoms with E-state index in [0.29, 0.717) is 6.04 Å². The lowest BCUT2D eigenvalue weighted by Gasteiger charge is -2.37. The van der Waals surface area contributed by atoms with Crippen LogP contribution in [0.15, 0.2) is 0 Å². The summed E-state index contributed by atoms with van der Waals surface area (Å²) in [5, 5.41) is -0.268. The monoisotopic (exact) mass is 328 g/mol. The van der Waals surface area contributed by atoms with Gasteiger partial charge in [0.25, 0.3) is 0 Å². The Labute approximate surface area is 134 Å². The van der Waals surface area contributed by atoms with Crippen LogP contribution in [0.1, 0.15) is 51.4 Å². The van der Waals surface area contributed by atoms with Crippen molar-refractivity contribution in [3.8, 4) is 0 Å². The maximum Gasteiger partial charge on any atom is 0.237 e. The fourth-order valence-electron chi connectivity index (χ4n) is 4.21. The highest BCUT2D eigenvalue weighted by atomic mass is 32.2. The molecule has 5 nitrogen and oxygen atoms in total. The molecule has 2 aliphatic heterocycles. The van der Waals surface area contributed by atoms with Crippen molar-refractivity contribution < 1.29 is 13.2 Å². The van der Waals surface area contributed by atoms with Crippen LogP contribution in [0.3, 0.4) is 0 Å². The summed E-state index contributed by atoms with van der Waals surface area (Å²) in [4.78, 5) is 16.7. The molecule has 0 aromatic heterocycles. The topological polar surface area (TPSA) is 57.7 Å². The maximum absolute atomic E-state index is 12.5. The number of nitrogens with zero attached hydrogens (tertiary/aromatic N) is 2. The Hall–Kier alpha value is -0.620. The first-order valence-electron chi connectivity index (χ1n) is 8.80. The third kappa shape index (κ3) is 3.65. The molecule has 2 heterocycles. The molecule has 0 N–H and O–H groups in total. The van der Waals surface area contributed by atoms with Crippen molar-refractivity contribution in [2.24, 2.45) is 0 Å². The third-order valence-corrected chi connectivity index (χ3v) is 7.68. The van der Waals surface area contributed by atoms with Gasteiger partial charge in [-0.15, -0.1) is 0 Å². The summed E-state index contributed by atoms with van der Waals surface area (Å²) in [6, 6.07) is 0.439. The number of hydrogen-bond acceptors (Lipinski definition) is 4. The van der Waals surface area contributed by atoms with Crippen LogP contribution in [0, 0.1) is 0 Å². The van der Waals surface area contributed by atoms with Crippen LogP contribution < -0.4 is 0 Å². The molecule has 3 fully saturated rings.